The summed E-state index contributed by atoms with van der Waals surface area (Å²) in [6, 6.07) is 4.01. The Morgan fingerprint density at radius 1 is 1.58 bits per heavy atom. The molecule has 1 heterocycles. The Morgan fingerprint density at radius 2 is 2.33 bits per heavy atom. The van der Waals surface area contributed by atoms with Crippen LogP contribution >= 0.6 is 0 Å². The van der Waals surface area contributed by atoms with Crippen molar-refractivity contribution in [1.82, 2.24) is 4.98 Å². The second-order valence-electron chi connectivity index (χ2n) is 3.01. The van der Waals surface area contributed by atoms with Gasteiger partial charge in [-0.1, -0.05) is 0 Å². The van der Waals surface area contributed by atoms with Gasteiger partial charge < -0.3 is 10.4 Å². The molecule has 12 heavy (non-hydrogen) atoms. The van der Waals surface area contributed by atoms with Gasteiger partial charge in [-0.05, 0) is 31.5 Å². The van der Waals surface area contributed by atoms with E-state index >= 15 is 0 Å². The minimum atomic E-state index is 0.0648. The minimum Gasteiger partial charge on any atom is -0.392 e. The normalized spacial score (nSPS) is 10.3. The molecule has 0 aliphatic rings. The van der Waals surface area contributed by atoms with Gasteiger partial charge >= 0.3 is 0 Å². The number of hydrogen-bond donors (Lipinski definition) is 2. The van der Waals surface area contributed by atoms with Gasteiger partial charge in [-0.25, -0.2) is 4.98 Å². The monoisotopic (exact) mass is 166 g/mol. The first kappa shape index (κ1) is 9.00. The largest absolute Gasteiger partial charge is 0.392 e. The van der Waals surface area contributed by atoms with Crippen molar-refractivity contribution >= 4 is 5.82 Å². The van der Waals surface area contributed by atoms with E-state index in [0.717, 1.165) is 11.4 Å². The Bertz CT molecular complexity index is 248. The average Bonchev–Trinajstić information content (AvgIpc) is 2.03. The summed E-state index contributed by atoms with van der Waals surface area (Å²) in [7, 11) is 0. The van der Waals surface area contributed by atoms with Crippen molar-refractivity contribution in [2.24, 2.45) is 0 Å². The molecule has 1 rings (SSSR count). The van der Waals surface area contributed by atoms with Crippen LogP contribution in [0, 0.1) is 0 Å². The van der Waals surface area contributed by atoms with E-state index in [-0.39, 0.29) is 6.61 Å². The van der Waals surface area contributed by atoms with Gasteiger partial charge in [0.15, 0.2) is 0 Å². The number of pyridine rings is 1. The van der Waals surface area contributed by atoms with Crippen LogP contribution in [0.25, 0.3) is 0 Å². The summed E-state index contributed by atoms with van der Waals surface area (Å²) in [5.41, 5.74) is 0.883. The van der Waals surface area contributed by atoms with Crippen LogP contribution < -0.4 is 5.32 Å². The van der Waals surface area contributed by atoms with Crippen LogP contribution in [0.2, 0.25) is 0 Å². The van der Waals surface area contributed by atoms with Crippen molar-refractivity contribution in [3.05, 3.63) is 23.9 Å². The van der Waals surface area contributed by atoms with Crippen LogP contribution in [0.5, 0.6) is 0 Å². The van der Waals surface area contributed by atoms with Crippen LogP contribution in [-0.4, -0.2) is 16.1 Å². The molecule has 3 nitrogen and oxygen atoms in total. The van der Waals surface area contributed by atoms with E-state index < -0.39 is 0 Å². The zero-order chi connectivity index (χ0) is 8.97. The first-order valence-electron chi connectivity index (χ1n) is 4.04. The first-order valence-corrected chi connectivity index (χ1v) is 4.04. The van der Waals surface area contributed by atoms with Crippen molar-refractivity contribution in [2.45, 2.75) is 26.5 Å². The van der Waals surface area contributed by atoms with Crippen molar-refractivity contribution in [2.75, 3.05) is 5.32 Å². The Hall–Kier alpha value is -1.09. The lowest BCUT2D eigenvalue weighted by Gasteiger charge is -2.08. The lowest BCUT2D eigenvalue weighted by molar-refractivity contribution is 0.282. The molecule has 3 heteroatoms. The van der Waals surface area contributed by atoms with E-state index in [4.69, 9.17) is 5.11 Å². The number of hydrogen-bond acceptors (Lipinski definition) is 3. The molecular formula is C9H14N2O. The summed E-state index contributed by atoms with van der Waals surface area (Å²) in [4.78, 5) is 4.11. The van der Waals surface area contributed by atoms with Gasteiger partial charge in [0, 0.05) is 12.2 Å². The van der Waals surface area contributed by atoms with Gasteiger partial charge in [0.05, 0.1) is 6.61 Å². The third-order valence-electron chi connectivity index (χ3n) is 1.44. The number of aliphatic hydroxyl groups excluding tert-OH is 1. The van der Waals surface area contributed by atoms with Crippen LogP contribution in [0.1, 0.15) is 19.4 Å². The second-order valence-corrected chi connectivity index (χ2v) is 3.01. The fraction of sp³-hybridized carbons (Fsp3) is 0.444. The molecule has 0 spiro atoms. The van der Waals surface area contributed by atoms with Crippen LogP contribution in [0.3, 0.4) is 0 Å². The highest BCUT2D eigenvalue weighted by molar-refractivity contribution is 5.37. The molecule has 2 N–H and O–H groups in total. The van der Waals surface area contributed by atoms with Gasteiger partial charge in [0.25, 0.3) is 0 Å². The number of nitrogens with one attached hydrogen (secondary N) is 1. The van der Waals surface area contributed by atoms with E-state index in [1.54, 1.807) is 12.3 Å². The summed E-state index contributed by atoms with van der Waals surface area (Å²) in [5.74, 6) is 0.816. The van der Waals surface area contributed by atoms with E-state index in [1.807, 2.05) is 19.9 Å². The zero-order valence-corrected chi connectivity index (χ0v) is 7.41. The molecule has 0 unspecified atom stereocenters. The van der Waals surface area contributed by atoms with Crippen molar-refractivity contribution in [3.8, 4) is 0 Å². The zero-order valence-electron chi connectivity index (χ0n) is 7.41. The molecule has 0 saturated heterocycles. The highest BCUT2D eigenvalue weighted by atomic mass is 16.3. The molecular weight excluding hydrogens is 152 g/mol. The van der Waals surface area contributed by atoms with Gasteiger partial charge in [0.1, 0.15) is 5.82 Å². The molecule has 0 bridgehead atoms. The average molecular weight is 166 g/mol. The highest BCUT2D eigenvalue weighted by Gasteiger charge is 1.97. The van der Waals surface area contributed by atoms with Gasteiger partial charge in [-0.15, -0.1) is 0 Å². The summed E-state index contributed by atoms with van der Waals surface area (Å²) in [6.45, 7) is 4.16. The van der Waals surface area contributed by atoms with Gasteiger partial charge in [0.2, 0.25) is 0 Å². The van der Waals surface area contributed by atoms with E-state index in [2.05, 4.69) is 10.3 Å². The third-order valence-corrected chi connectivity index (χ3v) is 1.44. The summed E-state index contributed by atoms with van der Waals surface area (Å²) in [6.07, 6.45) is 1.69. The molecule has 0 saturated carbocycles. The lowest BCUT2D eigenvalue weighted by atomic mass is 10.2. The molecule has 0 atom stereocenters. The third kappa shape index (κ3) is 2.51. The standard InChI is InChI=1S/C9H14N2O/c1-7(2)11-9-5-8(6-12)3-4-10-9/h3-5,7,12H,6H2,1-2H3,(H,10,11). The fourth-order valence-electron chi connectivity index (χ4n) is 0.947. The maximum atomic E-state index is 8.84. The summed E-state index contributed by atoms with van der Waals surface area (Å²) < 4.78 is 0. The highest BCUT2D eigenvalue weighted by Crippen LogP contribution is 2.07. The number of aliphatic hydroxyl groups is 1. The summed E-state index contributed by atoms with van der Waals surface area (Å²) in [5, 5.41) is 12.0. The van der Waals surface area contributed by atoms with Crippen LogP contribution in [-0.2, 0) is 6.61 Å². The Balaban J connectivity index is 2.72. The van der Waals surface area contributed by atoms with Crippen molar-refractivity contribution in [3.63, 3.8) is 0 Å². The van der Waals surface area contributed by atoms with Crippen LogP contribution in [0.4, 0.5) is 5.82 Å². The smallest absolute Gasteiger partial charge is 0.126 e. The molecule has 0 fully saturated rings. The van der Waals surface area contributed by atoms with E-state index in [9.17, 15) is 0 Å². The minimum absolute atomic E-state index is 0.0648. The quantitative estimate of drug-likeness (QED) is 0.713. The molecule has 0 amide bonds. The Morgan fingerprint density at radius 3 is 2.92 bits per heavy atom. The maximum absolute atomic E-state index is 8.84. The number of rotatable bonds is 3. The Kier molecular flexibility index (Phi) is 3.05. The number of nitrogens with zero attached hydrogens (tertiary/aromatic N) is 1. The topological polar surface area (TPSA) is 45.1 Å². The number of aromatic nitrogens is 1. The predicted molar refractivity (Wildman–Crippen MR) is 48.9 cm³/mol. The maximum Gasteiger partial charge on any atom is 0.126 e. The molecule has 1 aromatic heterocycles. The first-order chi connectivity index (χ1) is 5.72. The summed E-state index contributed by atoms with van der Waals surface area (Å²) >= 11 is 0. The van der Waals surface area contributed by atoms with E-state index in [1.165, 1.54) is 0 Å². The molecule has 0 aliphatic heterocycles. The molecule has 0 aliphatic carbocycles. The SMILES string of the molecule is CC(C)Nc1cc(CO)ccn1. The lowest BCUT2D eigenvalue weighted by Crippen LogP contribution is -2.10. The molecule has 0 radical (unpaired) electrons. The van der Waals surface area contributed by atoms with Crippen molar-refractivity contribution < 1.29 is 5.11 Å². The van der Waals surface area contributed by atoms with Gasteiger partial charge in [-0.3, -0.25) is 0 Å². The van der Waals surface area contributed by atoms with Crippen molar-refractivity contribution in [1.29, 1.82) is 0 Å². The fourth-order valence-corrected chi connectivity index (χ4v) is 0.947. The number of anilines is 1. The Labute approximate surface area is 72.5 Å². The molecule has 66 valence electrons. The second kappa shape index (κ2) is 4.07. The van der Waals surface area contributed by atoms with Crippen LogP contribution in [0.15, 0.2) is 18.3 Å². The van der Waals surface area contributed by atoms with E-state index in [0.29, 0.717) is 6.04 Å². The molecule has 1 aromatic rings. The van der Waals surface area contributed by atoms with Gasteiger partial charge in [-0.2, -0.15) is 0 Å². The molecule has 0 aromatic carbocycles. The predicted octanol–water partition coefficient (Wildman–Crippen LogP) is 1.39.